The van der Waals surface area contributed by atoms with Crippen LogP contribution in [0.4, 0.5) is 15.8 Å². The summed E-state index contributed by atoms with van der Waals surface area (Å²) in [5.41, 5.74) is 2.79. The van der Waals surface area contributed by atoms with E-state index in [1.165, 1.54) is 19.2 Å². The molecular formula is C24H24FN3O3. The maximum Gasteiger partial charge on any atom is 0.277 e. The van der Waals surface area contributed by atoms with Gasteiger partial charge in [-0.15, -0.1) is 0 Å². The van der Waals surface area contributed by atoms with Gasteiger partial charge >= 0.3 is 0 Å². The number of unbranched alkanes of at least 4 members (excludes halogenated alkanes) is 1. The minimum atomic E-state index is -1.03. The van der Waals surface area contributed by atoms with Crippen molar-refractivity contribution in [3.8, 4) is 0 Å². The van der Waals surface area contributed by atoms with E-state index < -0.39 is 23.5 Å². The third kappa shape index (κ3) is 3.50. The van der Waals surface area contributed by atoms with Gasteiger partial charge in [0.05, 0.1) is 11.5 Å². The Balaban J connectivity index is 1.84. The zero-order valence-electron chi connectivity index (χ0n) is 17.7. The van der Waals surface area contributed by atoms with Crippen LogP contribution >= 0.6 is 0 Å². The van der Waals surface area contributed by atoms with Gasteiger partial charge in [-0.1, -0.05) is 31.0 Å². The smallest absolute Gasteiger partial charge is 0.277 e. The lowest BCUT2D eigenvalue weighted by Crippen LogP contribution is -2.32. The van der Waals surface area contributed by atoms with Crippen molar-refractivity contribution >= 4 is 29.1 Å². The molecule has 1 atom stereocenters. The number of amides is 3. The molecule has 0 radical (unpaired) electrons. The molecule has 0 aliphatic carbocycles. The fraction of sp³-hybridized carbons (Fsp3) is 0.292. The topological polar surface area (TPSA) is 69.7 Å². The molecule has 0 fully saturated rings. The molecule has 2 aromatic rings. The molecule has 31 heavy (non-hydrogen) atoms. The summed E-state index contributed by atoms with van der Waals surface area (Å²) in [5.74, 6) is -2.91. The molecule has 0 spiro atoms. The van der Waals surface area contributed by atoms with Crippen LogP contribution in [0, 0.1) is 12.7 Å². The first-order valence-electron chi connectivity index (χ1n) is 10.3. The van der Waals surface area contributed by atoms with Gasteiger partial charge in [-0.25, -0.2) is 4.39 Å². The fourth-order valence-electron chi connectivity index (χ4n) is 4.07. The third-order valence-electron chi connectivity index (χ3n) is 5.77. The number of hydrogen-bond donors (Lipinski definition) is 1. The van der Waals surface area contributed by atoms with E-state index in [1.54, 1.807) is 23.1 Å². The lowest BCUT2D eigenvalue weighted by Gasteiger charge is -2.18. The SMILES string of the molecule is CCCCN1C(=O)C(C2=C(Nc3ccc(C)cc3)C(=O)N(C)C2=O)c2cc(F)ccc21. The predicted octanol–water partition coefficient (Wildman–Crippen LogP) is 3.73. The molecule has 2 heterocycles. The van der Waals surface area contributed by atoms with Crippen molar-refractivity contribution in [3.63, 3.8) is 0 Å². The Kier molecular flexibility index (Phi) is 5.35. The normalized spacial score (nSPS) is 18.3. The Labute approximate surface area is 180 Å². The van der Waals surface area contributed by atoms with Crippen LogP contribution in [0.1, 0.15) is 36.8 Å². The number of nitrogens with zero attached hydrogens (tertiary/aromatic N) is 2. The molecule has 3 amide bonds. The van der Waals surface area contributed by atoms with Crippen LogP contribution in [-0.2, 0) is 14.4 Å². The number of likely N-dealkylation sites (N-methyl/N-ethyl adjacent to an activating group) is 1. The van der Waals surface area contributed by atoms with E-state index in [2.05, 4.69) is 5.32 Å². The summed E-state index contributed by atoms with van der Waals surface area (Å²) < 4.78 is 14.1. The minimum absolute atomic E-state index is 0.0576. The molecule has 2 aromatic carbocycles. The minimum Gasteiger partial charge on any atom is -0.351 e. The number of anilines is 2. The van der Waals surface area contributed by atoms with Gasteiger partial charge in [-0.2, -0.15) is 0 Å². The Morgan fingerprint density at radius 2 is 1.74 bits per heavy atom. The second-order valence-corrected chi connectivity index (χ2v) is 7.93. The molecule has 2 aliphatic rings. The zero-order chi connectivity index (χ0) is 22.3. The molecule has 0 aromatic heterocycles. The van der Waals surface area contributed by atoms with Crippen LogP contribution in [0.5, 0.6) is 0 Å². The van der Waals surface area contributed by atoms with Gasteiger partial charge in [0.25, 0.3) is 11.8 Å². The molecule has 0 saturated carbocycles. The van der Waals surface area contributed by atoms with Crippen LogP contribution in [0.25, 0.3) is 0 Å². The maximum absolute atomic E-state index is 14.1. The summed E-state index contributed by atoms with van der Waals surface area (Å²) in [5, 5.41) is 3.03. The summed E-state index contributed by atoms with van der Waals surface area (Å²) in [6.45, 7) is 4.43. The highest BCUT2D eigenvalue weighted by Gasteiger charge is 2.48. The van der Waals surface area contributed by atoms with Gasteiger partial charge in [-0.05, 0) is 49.2 Å². The van der Waals surface area contributed by atoms with Crippen molar-refractivity contribution in [1.29, 1.82) is 0 Å². The Bertz CT molecular complexity index is 1110. The lowest BCUT2D eigenvalue weighted by atomic mass is 9.91. The van der Waals surface area contributed by atoms with E-state index in [1.807, 2.05) is 26.0 Å². The maximum atomic E-state index is 14.1. The van der Waals surface area contributed by atoms with Crippen molar-refractivity contribution < 1.29 is 18.8 Å². The number of halogens is 1. The number of carbonyl (C=O) groups is 3. The largest absolute Gasteiger partial charge is 0.351 e. The Hall–Kier alpha value is -3.48. The van der Waals surface area contributed by atoms with Crippen LogP contribution in [0.3, 0.4) is 0 Å². The number of nitrogens with one attached hydrogen (secondary N) is 1. The molecule has 1 N–H and O–H groups in total. The lowest BCUT2D eigenvalue weighted by molar-refractivity contribution is -0.136. The van der Waals surface area contributed by atoms with Crippen molar-refractivity contribution in [2.45, 2.75) is 32.6 Å². The summed E-state index contributed by atoms with van der Waals surface area (Å²) >= 11 is 0. The van der Waals surface area contributed by atoms with Crippen LogP contribution in [0.15, 0.2) is 53.7 Å². The first kappa shape index (κ1) is 20.8. The van der Waals surface area contributed by atoms with E-state index in [9.17, 15) is 18.8 Å². The van der Waals surface area contributed by atoms with E-state index in [-0.39, 0.29) is 17.2 Å². The summed E-state index contributed by atoms with van der Waals surface area (Å²) in [6, 6.07) is 11.5. The zero-order valence-corrected chi connectivity index (χ0v) is 17.7. The molecule has 0 bridgehead atoms. The Morgan fingerprint density at radius 3 is 2.42 bits per heavy atom. The number of benzene rings is 2. The standard InChI is InChI=1S/C24H24FN3O3/c1-4-5-12-28-18-11-8-15(25)13-17(18)19(23(28)30)20-21(24(31)27(3)22(20)29)26-16-9-6-14(2)7-10-16/h6-11,13,19,26H,4-5,12H2,1-3H3. The highest BCUT2D eigenvalue weighted by atomic mass is 19.1. The predicted molar refractivity (Wildman–Crippen MR) is 116 cm³/mol. The molecule has 1 unspecified atom stereocenters. The van der Waals surface area contributed by atoms with Crippen LogP contribution in [-0.4, -0.2) is 36.2 Å². The number of imide groups is 1. The summed E-state index contributed by atoms with van der Waals surface area (Å²) in [4.78, 5) is 42.0. The van der Waals surface area contributed by atoms with Crippen molar-refractivity contribution in [2.75, 3.05) is 23.8 Å². The second-order valence-electron chi connectivity index (χ2n) is 7.93. The first-order valence-corrected chi connectivity index (χ1v) is 10.3. The highest BCUT2D eigenvalue weighted by molar-refractivity contribution is 6.25. The molecule has 160 valence electrons. The number of fused-ring (bicyclic) bond motifs is 1. The molecule has 4 rings (SSSR count). The quantitative estimate of drug-likeness (QED) is 0.722. The molecular weight excluding hydrogens is 397 g/mol. The number of aryl methyl sites for hydroxylation is 1. The summed E-state index contributed by atoms with van der Waals surface area (Å²) in [7, 11) is 1.38. The molecule has 7 heteroatoms. The molecule has 0 saturated heterocycles. The van der Waals surface area contributed by atoms with Gasteiger partial charge in [-0.3, -0.25) is 19.3 Å². The van der Waals surface area contributed by atoms with Gasteiger partial charge in [0.1, 0.15) is 11.5 Å². The average molecular weight is 421 g/mol. The van der Waals surface area contributed by atoms with Crippen LogP contribution < -0.4 is 10.2 Å². The van der Waals surface area contributed by atoms with Gasteiger partial charge in [0.2, 0.25) is 5.91 Å². The van der Waals surface area contributed by atoms with E-state index >= 15 is 0 Å². The van der Waals surface area contributed by atoms with Gasteiger partial charge in [0, 0.05) is 25.0 Å². The summed E-state index contributed by atoms with van der Waals surface area (Å²) in [6.07, 6.45) is 1.66. The fourth-order valence-corrected chi connectivity index (χ4v) is 4.07. The monoisotopic (exact) mass is 421 g/mol. The van der Waals surface area contributed by atoms with E-state index in [4.69, 9.17) is 0 Å². The Morgan fingerprint density at radius 1 is 1.03 bits per heavy atom. The van der Waals surface area contributed by atoms with E-state index in [0.717, 1.165) is 23.3 Å². The van der Waals surface area contributed by atoms with Crippen LogP contribution in [0.2, 0.25) is 0 Å². The average Bonchev–Trinajstić information content (AvgIpc) is 3.12. The second kappa shape index (κ2) is 7.98. The van der Waals surface area contributed by atoms with Crippen molar-refractivity contribution in [3.05, 3.63) is 70.7 Å². The van der Waals surface area contributed by atoms with E-state index in [0.29, 0.717) is 23.5 Å². The first-order chi connectivity index (χ1) is 14.8. The number of carbonyl (C=O) groups excluding carboxylic acids is 3. The highest BCUT2D eigenvalue weighted by Crippen LogP contribution is 2.44. The van der Waals surface area contributed by atoms with Crippen molar-refractivity contribution in [1.82, 2.24) is 4.90 Å². The van der Waals surface area contributed by atoms with Crippen molar-refractivity contribution in [2.24, 2.45) is 0 Å². The third-order valence-corrected chi connectivity index (χ3v) is 5.77. The van der Waals surface area contributed by atoms with Gasteiger partial charge < -0.3 is 10.2 Å². The number of rotatable bonds is 6. The molecule has 2 aliphatic heterocycles. The molecule has 6 nitrogen and oxygen atoms in total. The van der Waals surface area contributed by atoms with Gasteiger partial charge in [0.15, 0.2) is 0 Å². The number of hydrogen-bond acceptors (Lipinski definition) is 4.